The van der Waals surface area contributed by atoms with E-state index >= 15 is 0 Å². The van der Waals surface area contributed by atoms with Gasteiger partial charge >= 0.3 is 5.97 Å². The molecule has 0 aliphatic rings. The standard InChI is InChI=1S/C21H35N3O3/c1-21(2,3)15-24-17(10-11-19(22)25)18-14-16(12-13-23-18)8-6-5-7-9-20(26)27-4/h12-14,17,24H,5-11,15H2,1-4H3,(H2,22,25)/t17-/m0/s1. The van der Waals surface area contributed by atoms with Crippen LogP contribution in [0.25, 0.3) is 0 Å². The van der Waals surface area contributed by atoms with Crippen LogP contribution < -0.4 is 11.1 Å². The Morgan fingerprint density at radius 3 is 2.59 bits per heavy atom. The van der Waals surface area contributed by atoms with Crippen molar-refractivity contribution in [2.75, 3.05) is 13.7 Å². The van der Waals surface area contributed by atoms with Gasteiger partial charge in [-0.05, 0) is 48.8 Å². The average molecular weight is 378 g/mol. The van der Waals surface area contributed by atoms with Crippen molar-refractivity contribution in [2.24, 2.45) is 11.1 Å². The summed E-state index contributed by atoms with van der Waals surface area (Å²) in [6.45, 7) is 7.34. The Morgan fingerprint density at radius 2 is 1.96 bits per heavy atom. The number of hydrogen-bond acceptors (Lipinski definition) is 5. The summed E-state index contributed by atoms with van der Waals surface area (Å²) in [5.74, 6) is -0.442. The number of primary amides is 1. The van der Waals surface area contributed by atoms with Crippen molar-refractivity contribution in [3.05, 3.63) is 29.6 Å². The first-order valence-corrected chi connectivity index (χ1v) is 9.74. The molecule has 1 heterocycles. The highest BCUT2D eigenvalue weighted by Crippen LogP contribution is 2.21. The summed E-state index contributed by atoms with van der Waals surface area (Å²) in [4.78, 5) is 26.9. The van der Waals surface area contributed by atoms with E-state index in [9.17, 15) is 9.59 Å². The van der Waals surface area contributed by atoms with E-state index in [1.807, 2.05) is 12.3 Å². The van der Waals surface area contributed by atoms with Gasteiger partial charge in [-0.15, -0.1) is 0 Å². The summed E-state index contributed by atoms with van der Waals surface area (Å²) in [6.07, 6.45) is 7.07. The highest BCUT2D eigenvalue weighted by molar-refractivity contribution is 5.73. The molecule has 27 heavy (non-hydrogen) atoms. The van der Waals surface area contributed by atoms with E-state index in [1.54, 1.807) is 0 Å². The van der Waals surface area contributed by atoms with Gasteiger partial charge in [-0.25, -0.2) is 0 Å². The number of carbonyl (C=O) groups is 2. The van der Waals surface area contributed by atoms with Gasteiger partial charge in [-0.1, -0.05) is 27.2 Å². The maximum Gasteiger partial charge on any atom is 0.305 e. The number of unbranched alkanes of at least 4 members (excludes halogenated alkanes) is 2. The van der Waals surface area contributed by atoms with Gasteiger partial charge in [0.15, 0.2) is 0 Å². The third-order valence-electron chi connectivity index (χ3n) is 4.33. The fraction of sp³-hybridized carbons (Fsp3) is 0.667. The average Bonchev–Trinajstić information content (AvgIpc) is 2.60. The first kappa shape index (κ1) is 23.1. The minimum atomic E-state index is -0.292. The third kappa shape index (κ3) is 10.7. The van der Waals surface area contributed by atoms with Crippen LogP contribution in [0.2, 0.25) is 0 Å². The van der Waals surface area contributed by atoms with E-state index in [0.29, 0.717) is 19.3 Å². The molecule has 0 unspecified atom stereocenters. The topological polar surface area (TPSA) is 94.3 Å². The number of rotatable bonds is 12. The van der Waals surface area contributed by atoms with Gasteiger partial charge in [0.2, 0.25) is 5.91 Å². The number of esters is 1. The lowest BCUT2D eigenvalue weighted by atomic mass is 9.95. The van der Waals surface area contributed by atoms with Crippen LogP contribution in [-0.4, -0.2) is 30.5 Å². The Kier molecular flexibility index (Phi) is 10.0. The number of carbonyl (C=O) groups excluding carboxylic acids is 2. The molecule has 1 atom stereocenters. The van der Waals surface area contributed by atoms with Crippen molar-refractivity contribution in [1.82, 2.24) is 10.3 Å². The van der Waals surface area contributed by atoms with Gasteiger partial charge < -0.3 is 15.8 Å². The molecule has 1 rings (SSSR count). The summed E-state index contributed by atoms with van der Waals surface area (Å²) < 4.78 is 4.66. The van der Waals surface area contributed by atoms with Crippen LogP contribution in [0.3, 0.4) is 0 Å². The molecule has 6 heteroatoms. The van der Waals surface area contributed by atoms with Crippen LogP contribution in [0.1, 0.15) is 76.6 Å². The monoisotopic (exact) mass is 377 g/mol. The summed E-state index contributed by atoms with van der Waals surface area (Å²) in [6, 6.07) is 4.15. The lowest BCUT2D eigenvalue weighted by molar-refractivity contribution is -0.140. The largest absolute Gasteiger partial charge is 0.469 e. The molecule has 1 amide bonds. The van der Waals surface area contributed by atoms with Crippen molar-refractivity contribution in [2.45, 2.75) is 71.8 Å². The van der Waals surface area contributed by atoms with Gasteiger partial charge in [0.1, 0.15) is 0 Å². The van der Waals surface area contributed by atoms with Crippen molar-refractivity contribution in [3.8, 4) is 0 Å². The summed E-state index contributed by atoms with van der Waals surface area (Å²) in [7, 11) is 1.42. The number of nitrogens with one attached hydrogen (secondary N) is 1. The molecule has 1 aromatic rings. The summed E-state index contributed by atoms with van der Waals surface area (Å²) >= 11 is 0. The Morgan fingerprint density at radius 1 is 1.22 bits per heavy atom. The van der Waals surface area contributed by atoms with Crippen LogP contribution in [0, 0.1) is 5.41 Å². The minimum Gasteiger partial charge on any atom is -0.469 e. The number of hydrogen-bond donors (Lipinski definition) is 2. The number of nitrogens with zero attached hydrogens (tertiary/aromatic N) is 1. The number of pyridine rings is 1. The molecule has 152 valence electrons. The van der Waals surface area contributed by atoms with Gasteiger partial charge in [0.25, 0.3) is 0 Å². The fourth-order valence-electron chi connectivity index (χ4n) is 2.79. The van der Waals surface area contributed by atoms with Gasteiger partial charge in [-0.2, -0.15) is 0 Å². The molecule has 6 nitrogen and oxygen atoms in total. The molecule has 0 aliphatic heterocycles. The predicted octanol–water partition coefficient (Wildman–Crippen LogP) is 3.30. The van der Waals surface area contributed by atoms with Gasteiger partial charge in [-0.3, -0.25) is 14.6 Å². The van der Waals surface area contributed by atoms with E-state index in [0.717, 1.165) is 37.9 Å². The first-order valence-electron chi connectivity index (χ1n) is 9.74. The summed E-state index contributed by atoms with van der Waals surface area (Å²) in [5.41, 5.74) is 7.65. The molecular formula is C21H35N3O3. The molecule has 0 aliphatic carbocycles. The number of nitrogens with two attached hydrogens (primary N) is 1. The quantitative estimate of drug-likeness (QED) is 0.430. The molecule has 0 radical (unpaired) electrons. The number of methoxy groups -OCH3 is 1. The van der Waals surface area contributed by atoms with Crippen LogP contribution in [0.5, 0.6) is 0 Å². The van der Waals surface area contributed by atoms with E-state index in [2.05, 4.69) is 41.9 Å². The van der Waals surface area contributed by atoms with Crippen molar-refractivity contribution in [3.63, 3.8) is 0 Å². The van der Waals surface area contributed by atoms with E-state index in [4.69, 9.17) is 5.73 Å². The van der Waals surface area contributed by atoms with Gasteiger partial charge in [0, 0.05) is 31.6 Å². The highest BCUT2D eigenvalue weighted by Gasteiger charge is 2.18. The number of aryl methyl sites for hydroxylation is 1. The van der Waals surface area contributed by atoms with Crippen molar-refractivity contribution in [1.29, 1.82) is 0 Å². The maximum absolute atomic E-state index is 11.2. The van der Waals surface area contributed by atoms with Crippen molar-refractivity contribution < 1.29 is 14.3 Å². The minimum absolute atomic E-state index is 0.0102. The van der Waals surface area contributed by atoms with E-state index in [1.165, 1.54) is 12.7 Å². The second-order valence-corrected chi connectivity index (χ2v) is 8.22. The predicted molar refractivity (Wildman–Crippen MR) is 107 cm³/mol. The Bertz CT molecular complexity index is 597. The van der Waals surface area contributed by atoms with Crippen LogP contribution in [0.4, 0.5) is 0 Å². The Labute approximate surface area is 163 Å². The zero-order chi connectivity index (χ0) is 20.3. The molecular weight excluding hydrogens is 342 g/mol. The molecule has 1 aromatic heterocycles. The summed E-state index contributed by atoms with van der Waals surface area (Å²) in [5, 5.41) is 3.53. The molecule has 0 fully saturated rings. The number of aromatic nitrogens is 1. The third-order valence-corrected chi connectivity index (χ3v) is 4.33. The highest BCUT2D eigenvalue weighted by atomic mass is 16.5. The lowest BCUT2D eigenvalue weighted by Gasteiger charge is -2.25. The molecule has 0 spiro atoms. The van der Waals surface area contributed by atoms with Crippen LogP contribution >= 0.6 is 0 Å². The Hall–Kier alpha value is -1.95. The molecule has 0 saturated heterocycles. The molecule has 0 bridgehead atoms. The number of amides is 1. The van der Waals surface area contributed by atoms with Crippen LogP contribution in [0.15, 0.2) is 18.3 Å². The van der Waals surface area contributed by atoms with E-state index in [-0.39, 0.29) is 23.3 Å². The second-order valence-electron chi connectivity index (χ2n) is 8.22. The lowest BCUT2D eigenvalue weighted by Crippen LogP contribution is -2.31. The second kappa shape index (κ2) is 11.7. The van der Waals surface area contributed by atoms with Crippen LogP contribution in [-0.2, 0) is 20.7 Å². The fourth-order valence-corrected chi connectivity index (χ4v) is 2.79. The zero-order valence-corrected chi connectivity index (χ0v) is 17.2. The Balaban J connectivity index is 2.63. The SMILES string of the molecule is COC(=O)CCCCCc1ccnc([C@H](CCC(N)=O)NCC(C)(C)C)c1. The van der Waals surface area contributed by atoms with E-state index < -0.39 is 0 Å². The molecule has 0 aromatic carbocycles. The van der Waals surface area contributed by atoms with Crippen molar-refractivity contribution >= 4 is 11.9 Å². The normalized spacial score (nSPS) is 12.6. The molecule has 0 saturated carbocycles. The molecule has 3 N–H and O–H groups in total. The first-order chi connectivity index (χ1) is 12.7. The maximum atomic E-state index is 11.2. The van der Waals surface area contributed by atoms with Gasteiger partial charge in [0.05, 0.1) is 12.8 Å². The zero-order valence-electron chi connectivity index (χ0n) is 17.2. The number of ether oxygens (including phenoxy) is 1. The smallest absolute Gasteiger partial charge is 0.305 e.